The Labute approximate surface area is 124 Å². The van der Waals surface area contributed by atoms with Crippen molar-refractivity contribution in [1.82, 2.24) is 15.5 Å². The molecule has 4 N–H and O–H groups in total. The number of nitrogens with one attached hydrogen (secondary N) is 2. The largest absolute Gasteiger partial charge is 0.345 e. The molecule has 1 aliphatic carbocycles. The van der Waals surface area contributed by atoms with Crippen LogP contribution in [0, 0.1) is 0 Å². The average molecular weight is 314 g/mol. The van der Waals surface area contributed by atoms with Crippen LogP contribution in [0.15, 0.2) is 4.90 Å². The summed E-state index contributed by atoms with van der Waals surface area (Å²) in [5.74, 6) is -0.473. The molecule has 0 unspecified atom stereocenters. The second-order valence-electron chi connectivity index (χ2n) is 5.62. The second kappa shape index (κ2) is 5.76. The topological polar surface area (TPSA) is 118 Å². The molecule has 0 spiro atoms. The van der Waals surface area contributed by atoms with Gasteiger partial charge in [-0.15, -0.1) is 0 Å². The van der Waals surface area contributed by atoms with E-state index in [-0.39, 0.29) is 16.1 Å². The predicted octanol–water partition coefficient (Wildman–Crippen LogP) is 1.07. The number of aromatic nitrogens is 2. The summed E-state index contributed by atoms with van der Waals surface area (Å²) >= 11 is 0. The van der Waals surface area contributed by atoms with Gasteiger partial charge in [-0.2, -0.15) is 5.10 Å². The van der Waals surface area contributed by atoms with E-state index in [1.165, 1.54) is 0 Å². The molecule has 0 aromatic carbocycles. The normalized spacial score (nSPS) is 17.3. The lowest BCUT2D eigenvalue weighted by Crippen LogP contribution is -2.53. The third-order valence-electron chi connectivity index (χ3n) is 4.16. The molecule has 1 aromatic heterocycles. The van der Waals surface area contributed by atoms with Crippen LogP contribution in [0.5, 0.6) is 0 Å². The summed E-state index contributed by atoms with van der Waals surface area (Å²) in [6, 6.07) is 0. The van der Waals surface area contributed by atoms with Crippen molar-refractivity contribution < 1.29 is 13.2 Å². The lowest BCUT2D eigenvalue weighted by molar-refractivity contribution is 0.0811. The molecule has 0 atom stereocenters. The highest BCUT2D eigenvalue weighted by molar-refractivity contribution is 7.89. The second-order valence-corrected chi connectivity index (χ2v) is 7.11. The first kappa shape index (κ1) is 16.0. The van der Waals surface area contributed by atoms with Crippen molar-refractivity contribution in [3.8, 4) is 0 Å². The van der Waals surface area contributed by atoms with E-state index in [0.29, 0.717) is 12.1 Å². The van der Waals surface area contributed by atoms with E-state index in [1.807, 2.05) is 13.8 Å². The number of hydrogen-bond acceptors (Lipinski definition) is 4. The number of aromatic amines is 1. The number of primary sulfonamides is 1. The summed E-state index contributed by atoms with van der Waals surface area (Å²) in [6.07, 6.45) is 4.90. The molecule has 2 rings (SSSR count). The smallest absolute Gasteiger partial charge is 0.273 e. The predicted molar refractivity (Wildman–Crippen MR) is 78.3 cm³/mol. The van der Waals surface area contributed by atoms with Gasteiger partial charge >= 0.3 is 0 Å². The number of hydrogen-bond donors (Lipinski definition) is 3. The molecular formula is C13H22N4O3S. The van der Waals surface area contributed by atoms with Crippen molar-refractivity contribution >= 4 is 15.9 Å². The van der Waals surface area contributed by atoms with E-state index in [2.05, 4.69) is 15.5 Å². The minimum Gasteiger partial charge on any atom is -0.345 e. The Hall–Kier alpha value is -1.41. The summed E-state index contributed by atoms with van der Waals surface area (Å²) in [5, 5.41) is 14.7. The fourth-order valence-electron chi connectivity index (χ4n) is 2.72. The SMILES string of the molecule is CCCc1[nH]nc(C(=O)NC2(CC)CCC2)c1S(N)(=O)=O. The Bertz CT molecular complexity index is 626. The summed E-state index contributed by atoms with van der Waals surface area (Å²) in [6.45, 7) is 3.92. The summed E-state index contributed by atoms with van der Waals surface area (Å²) in [7, 11) is -3.99. The zero-order valence-electron chi connectivity index (χ0n) is 12.4. The number of carbonyl (C=O) groups is 1. The van der Waals surface area contributed by atoms with Crippen LogP contribution >= 0.6 is 0 Å². The molecule has 7 nitrogen and oxygen atoms in total. The maximum atomic E-state index is 12.4. The van der Waals surface area contributed by atoms with Crippen LogP contribution in [0.25, 0.3) is 0 Å². The van der Waals surface area contributed by atoms with Gasteiger partial charge in [0.15, 0.2) is 5.69 Å². The molecule has 118 valence electrons. The fraction of sp³-hybridized carbons (Fsp3) is 0.692. The molecule has 21 heavy (non-hydrogen) atoms. The van der Waals surface area contributed by atoms with Crippen LogP contribution in [0.3, 0.4) is 0 Å². The van der Waals surface area contributed by atoms with Crippen molar-refractivity contribution in [3.05, 3.63) is 11.4 Å². The van der Waals surface area contributed by atoms with Gasteiger partial charge in [0.2, 0.25) is 10.0 Å². The van der Waals surface area contributed by atoms with Gasteiger partial charge in [0.1, 0.15) is 4.90 Å². The maximum Gasteiger partial charge on any atom is 0.273 e. The number of rotatable bonds is 6. The van der Waals surface area contributed by atoms with Crippen LogP contribution in [0.4, 0.5) is 0 Å². The van der Waals surface area contributed by atoms with Crippen LogP contribution in [0.2, 0.25) is 0 Å². The molecule has 1 aromatic rings. The molecule has 0 bridgehead atoms. The first-order chi connectivity index (χ1) is 9.83. The molecule has 8 heteroatoms. The Kier molecular flexibility index (Phi) is 4.38. The van der Waals surface area contributed by atoms with Gasteiger partial charge in [-0.1, -0.05) is 20.3 Å². The fourth-order valence-corrected chi connectivity index (χ4v) is 3.62. The lowest BCUT2D eigenvalue weighted by Gasteiger charge is -2.41. The third kappa shape index (κ3) is 3.11. The Morgan fingerprint density at radius 3 is 2.52 bits per heavy atom. The van der Waals surface area contributed by atoms with Crippen molar-refractivity contribution in [2.75, 3.05) is 0 Å². The highest BCUT2D eigenvalue weighted by atomic mass is 32.2. The van der Waals surface area contributed by atoms with Crippen LogP contribution in [-0.2, 0) is 16.4 Å². The molecule has 1 aliphatic rings. The van der Waals surface area contributed by atoms with Crippen molar-refractivity contribution in [1.29, 1.82) is 0 Å². The number of nitrogens with zero attached hydrogens (tertiary/aromatic N) is 1. The van der Waals surface area contributed by atoms with Crippen molar-refractivity contribution in [3.63, 3.8) is 0 Å². The van der Waals surface area contributed by atoms with E-state index in [0.717, 1.165) is 32.1 Å². The number of amides is 1. The monoisotopic (exact) mass is 314 g/mol. The van der Waals surface area contributed by atoms with Crippen molar-refractivity contribution in [2.45, 2.75) is 62.8 Å². The number of carbonyl (C=O) groups excluding carboxylic acids is 1. The minimum absolute atomic E-state index is 0.124. The minimum atomic E-state index is -3.99. The van der Waals surface area contributed by atoms with Gasteiger partial charge in [0, 0.05) is 5.54 Å². The standard InChI is InChI=1S/C13H22N4O3S/c1-3-6-9-11(21(14,19)20)10(17-16-9)12(18)15-13(4-2)7-5-8-13/h3-8H2,1-2H3,(H,15,18)(H,16,17)(H2,14,19,20). The van der Waals surface area contributed by atoms with Gasteiger partial charge in [-0.3, -0.25) is 9.89 Å². The zero-order chi connectivity index (χ0) is 15.7. The van der Waals surface area contributed by atoms with E-state index >= 15 is 0 Å². The van der Waals surface area contributed by atoms with Crippen LogP contribution in [-0.4, -0.2) is 30.1 Å². The van der Waals surface area contributed by atoms with Crippen molar-refractivity contribution in [2.24, 2.45) is 5.14 Å². The van der Waals surface area contributed by atoms with E-state index < -0.39 is 15.9 Å². The molecule has 0 saturated heterocycles. The Morgan fingerprint density at radius 2 is 2.10 bits per heavy atom. The van der Waals surface area contributed by atoms with Gasteiger partial charge < -0.3 is 5.32 Å². The Morgan fingerprint density at radius 1 is 1.43 bits per heavy atom. The van der Waals surface area contributed by atoms with Crippen LogP contribution < -0.4 is 10.5 Å². The quantitative estimate of drug-likeness (QED) is 0.727. The van der Waals surface area contributed by atoms with Gasteiger partial charge in [0.05, 0.1) is 5.69 Å². The summed E-state index contributed by atoms with van der Waals surface area (Å²) in [5.41, 5.74) is 0.0429. The molecule has 0 radical (unpaired) electrons. The van der Waals surface area contributed by atoms with Crippen LogP contribution in [0.1, 0.15) is 62.1 Å². The van der Waals surface area contributed by atoms with E-state index in [1.54, 1.807) is 0 Å². The van der Waals surface area contributed by atoms with Gasteiger partial charge in [-0.25, -0.2) is 13.6 Å². The average Bonchev–Trinajstić information content (AvgIpc) is 2.78. The lowest BCUT2D eigenvalue weighted by atomic mass is 9.75. The van der Waals surface area contributed by atoms with Gasteiger partial charge in [0.25, 0.3) is 5.91 Å². The van der Waals surface area contributed by atoms with E-state index in [9.17, 15) is 13.2 Å². The molecule has 1 fully saturated rings. The number of nitrogens with two attached hydrogens (primary N) is 1. The first-order valence-electron chi connectivity index (χ1n) is 7.25. The number of H-pyrrole nitrogens is 1. The highest BCUT2D eigenvalue weighted by Crippen LogP contribution is 2.35. The maximum absolute atomic E-state index is 12.4. The highest BCUT2D eigenvalue weighted by Gasteiger charge is 2.38. The number of sulfonamides is 1. The summed E-state index contributed by atoms with van der Waals surface area (Å²) in [4.78, 5) is 12.2. The molecule has 1 amide bonds. The summed E-state index contributed by atoms with van der Waals surface area (Å²) < 4.78 is 23.5. The molecule has 1 heterocycles. The molecule has 1 saturated carbocycles. The molecule has 0 aliphatic heterocycles. The third-order valence-corrected chi connectivity index (χ3v) is 5.17. The number of aryl methyl sites for hydroxylation is 1. The van der Waals surface area contributed by atoms with Gasteiger partial charge in [-0.05, 0) is 32.1 Å². The Balaban J connectivity index is 2.33. The van der Waals surface area contributed by atoms with E-state index in [4.69, 9.17) is 5.14 Å². The molecular weight excluding hydrogens is 292 g/mol. The zero-order valence-corrected chi connectivity index (χ0v) is 13.2. The first-order valence-corrected chi connectivity index (χ1v) is 8.80.